The highest BCUT2D eigenvalue weighted by molar-refractivity contribution is 6.39. The first-order valence-electron chi connectivity index (χ1n) is 31.8. The average molecular weight is 1170 g/mol. The Morgan fingerprint density at radius 2 is 0.413 bits per heavy atom. The van der Waals surface area contributed by atoms with E-state index >= 15 is 0 Å². The Hall–Kier alpha value is -12.0. The van der Waals surface area contributed by atoms with Crippen molar-refractivity contribution in [2.45, 2.75) is 13.8 Å². The topological polar surface area (TPSA) is 19.7 Å². The van der Waals surface area contributed by atoms with E-state index in [9.17, 15) is 0 Å². The second-order valence-electron chi connectivity index (χ2n) is 24.5. The Kier molecular flexibility index (Phi) is 12.3. The van der Waals surface area contributed by atoms with Gasteiger partial charge in [-0.15, -0.1) is 0 Å². The molecule has 0 bridgehead atoms. The third kappa shape index (κ3) is 8.31. The van der Waals surface area contributed by atoms with E-state index in [-0.39, 0.29) is 0 Å². The third-order valence-electron chi connectivity index (χ3n) is 19.1. The number of aromatic nitrogens is 4. The lowest BCUT2D eigenvalue weighted by Gasteiger charge is -2.14. The summed E-state index contributed by atoms with van der Waals surface area (Å²) in [5.41, 5.74) is 24.4. The fraction of sp³-hybridized carbons (Fsp3) is 0.0227. The molecule has 432 valence electrons. The summed E-state index contributed by atoms with van der Waals surface area (Å²) in [5, 5.41) is 15.3. The van der Waals surface area contributed by atoms with Gasteiger partial charge in [-0.2, -0.15) is 0 Å². The molecule has 0 fully saturated rings. The maximum absolute atomic E-state index is 2.49. The van der Waals surface area contributed by atoms with Crippen molar-refractivity contribution in [3.05, 3.63) is 339 Å². The SMILES string of the molecule is Cc1ccc(-n2c3ccccc3c3c4c5ccccc5n(-c5cccc(-c6ccc(-c7ccccc7)cc6)c5)c4c4ccccc4c32)cc1.Cc1ccc(-n2c3ccccc3c3c4c5ccccc5n(-c5cccc(-c6ccccc6)c5)c4c4ccccc4c32)cc1. The van der Waals surface area contributed by atoms with Gasteiger partial charge in [0.15, 0.2) is 0 Å². The van der Waals surface area contributed by atoms with Crippen LogP contribution in [0.25, 0.3) is 165 Å². The summed E-state index contributed by atoms with van der Waals surface area (Å²) in [4.78, 5) is 0. The van der Waals surface area contributed by atoms with Gasteiger partial charge < -0.3 is 18.3 Å². The van der Waals surface area contributed by atoms with Crippen LogP contribution in [0.15, 0.2) is 328 Å². The van der Waals surface area contributed by atoms with Crippen LogP contribution in [0.1, 0.15) is 11.1 Å². The van der Waals surface area contributed by atoms with Gasteiger partial charge in [0.05, 0.1) is 44.1 Å². The molecule has 0 amide bonds. The second-order valence-corrected chi connectivity index (χ2v) is 24.5. The van der Waals surface area contributed by atoms with E-state index < -0.39 is 0 Å². The van der Waals surface area contributed by atoms with Gasteiger partial charge in [0.25, 0.3) is 0 Å². The van der Waals surface area contributed by atoms with Crippen LogP contribution in [0.5, 0.6) is 0 Å². The van der Waals surface area contributed by atoms with Crippen LogP contribution in [0.2, 0.25) is 0 Å². The third-order valence-corrected chi connectivity index (χ3v) is 19.1. The molecular weight excluding hydrogens is 1110 g/mol. The Bertz CT molecular complexity index is 6100. The summed E-state index contributed by atoms with van der Waals surface area (Å²) in [6.45, 7) is 4.30. The highest BCUT2D eigenvalue weighted by atomic mass is 15.0. The molecule has 0 saturated carbocycles. The minimum Gasteiger partial charge on any atom is -0.309 e. The van der Waals surface area contributed by atoms with E-state index in [0.29, 0.717) is 0 Å². The Labute approximate surface area is 532 Å². The summed E-state index contributed by atoms with van der Waals surface area (Å²) in [7, 11) is 0. The van der Waals surface area contributed by atoms with Gasteiger partial charge in [-0.3, -0.25) is 0 Å². The van der Waals surface area contributed by atoms with Crippen molar-refractivity contribution in [2.24, 2.45) is 0 Å². The normalized spacial score (nSPS) is 11.8. The quantitative estimate of drug-likeness (QED) is 0.152. The van der Waals surface area contributed by atoms with Crippen LogP contribution < -0.4 is 0 Å². The zero-order chi connectivity index (χ0) is 61.0. The van der Waals surface area contributed by atoms with Crippen LogP contribution in [0.4, 0.5) is 0 Å². The molecule has 4 heteroatoms. The number of hydrogen-bond donors (Lipinski definition) is 0. The monoisotopic (exact) mass is 1170 g/mol. The number of nitrogens with zero attached hydrogens (tertiary/aromatic N) is 4. The standard InChI is InChI=1S/C47H32N2.C41H28N2/c1-31-22-28-36(29-23-31)48-42-20-9-7-18-40(42)44-45-41-19-8-10-21-43(41)49(47(45)39-17-6-5-16-38(39)46(44)48)37-15-11-14-35(30-37)34-26-24-33(25-27-34)32-12-3-2-4-13-32;1-27-22-24-30(25-23-27)42-36-20-9-7-18-34(36)38-39-35-19-8-10-21-37(35)43(41(39)33-17-6-5-16-32(33)40(38)42)31-15-11-14-29(26-31)28-12-3-2-4-13-28/h2-30H,1H3;2-26H,1H3. The van der Waals surface area contributed by atoms with Crippen molar-refractivity contribution < 1.29 is 0 Å². The number of fused-ring (bicyclic) bond motifs is 20. The Morgan fingerprint density at radius 1 is 0.174 bits per heavy atom. The molecule has 0 atom stereocenters. The van der Waals surface area contributed by atoms with E-state index in [1.54, 1.807) is 0 Å². The molecule has 0 N–H and O–H groups in total. The summed E-state index contributed by atoms with van der Waals surface area (Å²) in [6.07, 6.45) is 0. The van der Waals surface area contributed by atoms with Crippen LogP contribution >= 0.6 is 0 Å². The summed E-state index contributed by atoms with van der Waals surface area (Å²) < 4.78 is 9.91. The van der Waals surface area contributed by atoms with E-state index in [2.05, 4.69) is 360 Å². The van der Waals surface area contributed by atoms with Crippen molar-refractivity contribution in [1.29, 1.82) is 0 Å². The number of aryl methyl sites for hydroxylation is 2. The van der Waals surface area contributed by atoms with Gasteiger partial charge in [0, 0.05) is 87.4 Å². The lowest BCUT2D eigenvalue weighted by molar-refractivity contribution is 1.18. The second kappa shape index (κ2) is 21.4. The highest BCUT2D eigenvalue weighted by Crippen LogP contribution is 2.49. The molecule has 4 heterocycles. The number of para-hydroxylation sites is 4. The first-order chi connectivity index (χ1) is 45.5. The van der Waals surface area contributed by atoms with Gasteiger partial charge >= 0.3 is 0 Å². The minimum absolute atomic E-state index is 1.16. The largest absolute Gasteiger partial charge is 0.309 e. The van der Waals surface area contributed by atoms with Crippen LogP contribution in [0, 0.1) is 13.8 Å². The zero-order valence-corrected chi connectivity index (χ0v) is 51.0. The number of benzene rings is 15. The average Bonchev–Trinajstić information content (AvgIpc) is 1.53. The molecule has 0 saturated heterocycles. The molecule has 0 radical (unpaired) electrons. The smallest absolute Gasteiger partial charge is 0.0627 e. The molecular formula is C88H60N4. The van der Waals surface area contributed by atoms with Crippen molar-refractivity contribution in [3.8, 4) is 56.1 Å². The maximum atomic E-state index is 2.49. The van der Waals surface area contributed by atoms with E-state index in [1.165, 1.54) is 170 Å². The van der Waals surface area contributed by atoms with Crippen molar-refractivity contribution in [3.63, 3.8) is 0 Å². The lowest BCUT2D eigenvalue weighted by Crippen LogP contribution is -1.97. The Morgan fingerprint density at radius 3 is 0.739 bits per heavy atom. The van der Waals surface area contributed by atoms with Gasteiger partial charge in [-0.1, -0.05) is 266 Å². The molecule has 92 heavy (non-hydrogen) atoms. The molecule has 0 aliphatic carbocycles. The lowest BCUT2D eigenvalue weighted by atomic mass is 9.99. The summed E-state index contributed by atoms with van der Waals surface area (Å²) in [6, 6.07) is 119. The fourth-order valence-electron chi connectivity index (χ4n) is 15.0. The summed E-state index contributed by atoms with van der Waals surface area (Å²) >= 11 is 0. The molecule has 0 unspecified atom stereocenters. The van der Waals surface area contributed by atoms with Crippen LogP contribution in [0.3, 0.4) is 0 Å². The molecule has 0 aliphatic rings. The molecule has 0 spiro atoms. The van der Waals surface area contributed by atoms with Crippen LogP contribution in [-0.4, -0.2) is 18.3 Å². The predicted octanol–water partition coefficient (Wildman–Crippen LogP) is 23.7. The molecule has 19 aromatic rings. The molecule has 0 aliphatic heterocycles. The van der Waals surface area contributed by atoms with Crippen molar-refractivity contribution in [1.82, 2.24) is 18.3 Å². The van der Waals surface area contributed by atoms with Gasteiger partial charge in [0.1, 0.15) is 0 Å². The van der Waals surface area contributed by atoms with Gasteiger partial charge in [-0.25, -0.2) is 0 Å². The van der Waals surface area contributed by atoms with E-state index in [4.69, 9.17) is 0 Å². The predicted molar refractivity (Wildman–Crippen MR) is 391 cm³/mol. The van der Waals surface area contributed by atoms with Gasteiger partial charge in [0.2, 0.25) is 0 Å². The molecule has 19 rings (SSSR count). The van der Waals surface area contributed by atoms with Crippen LogP contribution in [-0.2, 0) is 0 Å². The van der Waals surface area contributed by atoms with E-state index in [1.807, 2.05) is 0 Å². The first kappa shape index (κ1) is 53.1. The molecule has 4 nitrogen and oxygen atoms in total. The highest BCUT2D eigenvalue weighted by Gasteiger charge is 2.27. The van der Waals surface area contributed by atoms with E-state index in [0.717, 1.165) is 5.69 Å². The summed E-state index contributed by atoms with van der Waals surface area (Å²) in [5.74, 6) is 0. The van der Waals surface area contributed by atoms with Crippen molar-refractivity contribution in [2.75, 3.05) is 0 Å². The molecule has 4 aromatic heterocycles. The number of hydrogen-bond acceptors (Lipinski definition) is 0. The first-order valence-corrected chi connectivity index (χ1v) is 31.8. The Balaban J connectivity index is 0.000000137. The van der Waals surface area contributed by atoms with Crippen molar-refractivity contribution >= 4 is 109 Å². The molecule has 15 aromatic carbocycles. The number of rotatable bonds is 7. The maximum Gasteiger partial charge on any atom is 0.0627 e. The fourth-order valence-corrected chi connectivity index (χ4v) is 15.0. The van der Waals surface area contributed by atoms with Gasteiger partial charge in [-0.05, 0) is 120 Å². The zero-order valence-electron chi connectivity index (χ0n) is 51.0. The minimum atomic E-state index is 1.16.